The van der Waals surface area contributed by atoms with E-state index in [9.17, 15) is 4.79 Å². The summed E-state index contributed by atoms with van der Waals surface area (Å²) in [6.07, 6.45) is -0.113. The number of halogens is 1. The number of allylic oxidation sites excluding steroid dienone is 1. The van der Waals surface area contributed by atoms with Crippen molar-refractivity contribution in [1.29, 1.82) is 0 Å². The van der Waals surface area contributed by atoms with Gasteiger partial charge in [-0.1, -0.05) is 42.4 Å². The highest BCUT2D eigenvalue weighted by atomic mass is 35.5. The van der Waals surface area contributed by atoms with Crippen LogP contribution in [0.3, 0.4) is 0 Å². The Bertz CT molecular complexity index is 1120. The first-order chi connectivity index (χ1) is 14.0. The van der Waals surface area contributed by atoms with Gasteiger partial charge in [0.2, 0.25) is 0 Å². The average molecular weight is 411 g/mol. The van der Waals surface area contributed by atoms with Gasteiger partial charge in [0.15, 0.2) is 11.5 Å². The van der Waals surface area contributed by atoms with Gasteiger partial charge in [0.05, 0.1) is 12.1 Å². The molecule has 0 aliphatic carbocycles. The Labute approximate surface area is 174 Å². The zero-order chi connectivity index (χ0) is 20.4. The molecule has 1 N–H and O–H groups in total. The van der Waals surface area contributed by atoms with Gasteiger partial charge in [-0.3, -0.25) is 4.79 Å². The molecule has 2 heterocycles. The Morgan fingerprint density at radius 3 is 2.83 bits per heavy atom. The molecule has 2 aromatic carbocycles. The number of fused-ring (bicyclic) bond motifs is 2. The number of aromatic nitrogens is 1. The van der Waals surface area contributed by atoms with E-state index in [1.807, 2.05) is 55.5 Å². The number of nitrogens with zero attached hydrogens (tertiary/aromatic N) is 1. The molecule has 0 amide bonds. The van der Waals surface area contributed by atoms with Gasteiger partial charge in [0, 0.05) is 23.7 Å². The van der Waals surface area contributed by atoms with Crippen LogP contribution in [0.4, 0.5) is 0 Å². The fraction of sp³-hybridized carbons (Fsp3) is 0.261. The van der Waals surface area contributed by atoms with Crippen LogP contribution < -0.4 is 20.3 Å². The van der Waals surface area contributed by atoms with Crippen molar-refractivity contribution in [3.8, 4) is 11.5 Å². The summed E-state index contributed by atoms with van der Waals surface area (Å²) in [7, 11) is 0. The number of aryl methyl sites for hydroxylation is 1. The van der Waals surface area contributed by atoms with Crippen LogP contribution in [0, 0.1) is 6.92 Å². The monoisotopic (exact) mass is 410 g/mol. The second kappa shape index (κ2) is 8.31. The molecule has 5 nitrogen and oxygen atoms in total. The summed E-state index contributed by atoms with van der Waals surface area (Å²) in [5.41, 5.74) is 2.56. The van der Waals surface area contributed by atoms with Crippen LogP contribution in [0.2, 0.25) is 0 Å². The zero-order valence-corrected chi connectivity index (χ0v) is 17.0. The summed E-state index contributed by atoms with van der Waals surface area (Å²) < 4.78 is 13.4. The highest BCUT2D eigenvalue weighted by Crippen LogP contribution is 2.30. The molecule has 29 heavy (non-hydrogen) atoms. The van der Waals surface area contributed by atoms with E-state index >= 15 is 0 Å². The van der Waals surface area contributed by atoms with Crippen molar-refractivity contribution < 1.29 is 9.47 Å². The molecule has 0 unspecified atom stereocenters. The Kier molecular flexibility index (Phi) is 5.60. The fourth-order valence-corrected chi connectivity index (χ4v) is 3.65. The molecule has 0 saturated carbocycles. The van der Waals surface area contributed by atoms with Crippen molar-refractivity contribution in [3.05, 3.63) is 81.6 Å². The summed E-state index contributed by atoms with van der Waals surface area (Å²) >= 11 is 6.02. The second-order valence-electron chi connectivity index (χ2n) is 7.27. The molecule has 0 radical (unpaired) electrons. The van der Waals surface area contributed by atoms with Crippen molar-refractivity contribution in [2.45, 2.75) is 26.1 Å². The van der Waals surface area contributed by atoms with Gasteiger partial charge >= 0.3 is 0 Å². The Balaban J connectivity index is 1.51. The highest BCUT2D eigenvalue weighted by molar-refractivity contribution is 6.29. The van der Waals surface area contributed by atoms with Crippen molar-refractivity contribution in [3.63, 3.8) is 0 Å². The summed E-state index contributed by atoms with van der Waals surface area (Å²) in [4.78, 5) is 13.0. The lowest BCUT2D eigenvalue weighted by atomic mass is 10.1. The highest BCUT2D eigenvalue weighted by Gasteiger charge is 2.20. The average Bonchev–Trinajstić information content (AvgIpc) is 2.71. The van der Waals surface area contributed by atoms with E-state index in [0.29, 0.717) is 30.3 Å². The van der Waals surface area contributed by atoms with E-state index in [-0.39, 0.29) is 18.2 Å². The molecule has 6 heteroatoms. The number of nitrogens with one attached hydrogen (secondary N) is 1. The first-order valence-corrected chi connectivity index (χ1v) is 9.94. The first-order valence-electron chi connectivity index (χ1n) is 9.57. The molecule has 0 saturated heterocycles. The minimum absolute atomic E-state index is 0.0661. The van der Waals surface area contributed by atoms with Gasteiger partial charge in [-0.2, -0.15) is 0 Å². The van der Waals surface area contributed by atoms with E-state index in [1.165, 1.54) is 0 Å². The first kappa shape index (κ1) is 19.6. The number of benzene rings is 2. The molecule has 150 valence electrons. The lowest BCUT2D eigenvalue weighted by Crippen LogP contribution is -2.39. The van der Waals surface area contributed by atoms with Gasteiger partial charge < -0.3 is 19.4 Å². The van der Waals surface area contributed by atoms with Crippen LogP contribution >= 0.6 is 11.6 Å². The summed E-state index contributed by atoms with van der Waals surface area (Å²) in [6, 6.07) is 15.6. The largest absolute Gasteiger partial charge is 0.486 e. The van der Waals surface area contributed by atoms with Crippen molar-refractivity contribution in [2.24, 2.45) is 0 Å². The zero-order valence-electron chi connectivity index (χ0n) is 16.3. The van der Waals surface area contributed by atoms with Gasteiger partial charge in [0.1, 0.15) is 12.7 Å². The smallest absolute Gasteiger partial charge is 0.255 e. The van der Waals surface area contributed by atoms with Gasteiger partial charge in [-0.15, -0.1) is 0 Å². The molecule has 1 aromatic heterocycles. The summed E-state index contributed by atoms with van der Waals surface area (Å²) in [5.74, 6) is 1.51. The third-order valence-corrected chi connectivity index (χ3v) is 5.03. The van der Waals surface area contributed by atoms with E-state index in [0.717, 1.165) is 28.0 Å². The number of hydrogen-bond acceptors (Lipinski definition) is 4. The maximum absolute atomic E-state index is 13.0. The van der Waals surface area contributed by atoms with Crippen LogP contribution in [0.5, 0.6) is 11.5 Å². The molecule has 4 rings (SSSR count). The Morgan fingerprint density at radius 1 is 1.24 bits per heavy atom. The van der Waals surface area contributed by atoms with Crippen LogP contribution in [0.25, 0.3) is 10.9 Å². The van der Waals surface area contributed by atoms with Crippen molar-refractivity contribution in [1.82, 2.24) is 9.88 Å². The number of rotatable bonds is 6. The minimum Gasteiger partial charge on any atom is -0.486 e. The van der Waals surface area contributed by atoms with E-state index in [1.54, 1.807) is 4.57 Å². The third-order valence-electron chi connectivity index (χ3n) is 4.91. The molecular formula is C23H23ClN2O3. The van der Waals surface area contributed by atoms with Gasteiger partial charge in [-0.25, -0.2) is 0 Å². The van der Waals surface area contributed by atoms with Crippen LogP contribution in [0.1, 0.15) is 11.1 Å². The third kappa shape index (κ3) is 4.31. The van der Waals surface area contributed by atoms with Crippen LogP contribution in [-0.2, 0) is 13.1 Å². The Hall–Kier alpha value is -2.76. The SMILES string of the molecule is C=C(Cl)Cn1c(=O)c(CNC[C@H]2COc3ccccc3O2)cc2ccc(C)cc21. The summed E-state index contributed by atoms with van der Waals surface area (Å²) in [5, 5.41) is 4.74. The molecule has 1 aliphatic heterocycles. The van der Waals surface area contributed by atoms with Crippen LogP contribution in [-0.4, -0.2) is 23.8 Å². The normalized spacial score (nSPS) is 15.4. The van der Waals surface area contributed by atoms with Crippen molar-refractivity contribution in [2.75, 3.05) is 13.2 Å². The standard InChI is InChI=1S/C23H23ClN2O3/c1-15-7-8-17-10-18(23(27)26(13-16(2)24)20(17)9-15)11-25-12-19-14-28-21-5-3-4-6-22(21)29-19/h3-10,19,25H,2,11-14H2,1H3/t19-/m0/s1. The minimum atomic E-state index is -0.113. The molecule has 0 bridgehead atoms. The van der Waals surface area contributed by atoms with Crippen LogP contribution in [0.15, 0.2) is 64.9 Å². The predicted octanol–water partition coefficient (Wildman–Crippen LogP) is 3.99. The van der Waals surface area contributed by atoms with Crippen molar-refractivity contribution >= 4 is 22.5 Å². The lowest BCUT2D eigenvalue weighted by molar-refractivity contribution is 0.0902. The summed E-state index contributed by atoms with van der Waals surface area (Å²) in [6.45, 7) is 7.51. The van der Waals surface area contributed by atoms with E-state index in [4.69, 9.17) is 21.1 Å². The molecule has 1 atom stereocenters. The van der Waals surface area contributed by atoms with E-state index < -0.39 is 0 Å². The number of ether oxygens (including phenoxy) is 2. The number of pyridine rings is 1. The molecule has 0 fully saturated rings. The predicted molar refractivity (Wildman–Crippen MR) is 116 cm³/mol. The lowest BCUT2D eigenvalue weighted by Gasteiger charge is -2.26. The van der Waals surface area contributed by atoms with Gasteiger partial charge in [-0.05, 0) is 42.1 Å². The van der Waals surface area contributed by atoms with E-state index in [2.05, 4.69) is 11.9 Å². The molecule has 3 aromatic rings. The number of hydrogen-bond donors (Lipinski definition) is 1. The molecular weight excluding hydrogens is 388 g/mol. The quantitative estimate of drug-likeness (QED) is 0.667. The molecule has 0 spiro atoms. The second-order valence-corrected chi connectivity index (χ2v) is 7.80. The number of para-hydroxylation sites is 2. The topological polar surface area (TPSA) is 52.5 Å². The maximum atomic E-state index is 13.0. The van der Waals surface area contributed by atoms with Gasteiger partial charge in [0.25, 0.3) is 5.56 Å². The fourth-order valence-electron chi connectivity index (χ4n) is 3.53. The Morgan fingerprint density at radius 2 is 2.03 bits per heavy atom. The maximum Gasteiger partial charge on any atom is 0.255 e. The molecule has 1 aliphatic rings.